The molecule has 2 aliphatic carbocycles. The Morgan fingerprint density at radius 1 is 1.09 bits per heavy atom. The van der Waals surface area contributed by atoms with Crippen LogP contribution in [0.2, 0.25) is 0 Å². The first-order valence-electron chi connectivity index (χ1n) is 12.4. The summed E-state index contributed by atoms with van der Waals surface area (Å²) in [4.78, 5) is 24.1. The number of hydrogen-bond donors (Lipinski definition) is 4. The van der Waals surface area contributed by atoms with Gasteiger partial charge in [-0.1, -0.05) is 12.1 Å². The number of aromatic nitrogens is 1. The number of ether oxygens (including phenoxy) is 1. The first kappa shape index (κ1) is 23.1. The molecule has 35 heavy (non-hydrogen) atoms. The van der Waals surface area contributed by atoms with Gasteiger partial charge in [0, 0.05) is 40.8 Å². The van der Waals surface area contributed by atoms with Crippen molar-refractivity contribution < 1.29 is 14.3 Å². The van der Waals surface area contributed by atoms with Crippen LogP contribution in [0.5, 0.6) is 5.75 Å². The average molecular weight is 476 g/mol. The topological polar surface area (TPSA) is 110 Å². The molecular weight excluding hydrogens is 442 g/mol. The number of nitrogens with one attached hydrogen (secondary N) is 3. The Morgan fingerprint density at radius 2 is 1.83 bits per heavy atom. The van der Waals surface area contributed by atoms with Crippen LogP contribution in [0.25, 0.3) is 22.2 Å². The number of nitrogens with zero attached hydrogens (tertiary/aromatic N) is 1. The number of fused-ring (bicyclic) bond motifs is 1. The molecule has 3 amide bonds. The number of amides is 3. The Morgan fingerprint density at radius 3 is 2.46 bits per heavy atom. The van der Waals surface area contributed by atoms with E-state index >= 15 is 0 Å². The van der Waals surface area contributed by atoms with Gasteiger partial charge in [0.05, 0.1) is 16.9 Å². The molecule has 8 nitrogen and oxygen atoms in total. The molecule has 0 aliphatic heterocycles. The Kier molecular flexibility index (Phi) is 6.28. The predicted octanol–water partition coefficient (Wildman–Crippen LogP) is 4.80. The van der Waals surface area contributed by atoms with Gasteiger partial charge in [-0.15, -0.1) is 0 Å². The molecule has 8 heteroatoms. The molecule has 5 rings (SSSR count). The maximum absolute atomic E-state index is 12.1. The van der Waals surface area contributed by atoms with Crippen molar-refractivity contribution in [3.8, 4) is 17.0 Å². The van der Waals surface area contributed by atoms with Crippen molar-refractivity contribution in [3.05, 3.63) is 42.5 Å². The molecule has 0 spiro atoms. The van der Waals surface area contributed by atoms with Crippen LogP contribution >= 0.6 is 0 Å². The number of nitrogens with two attached hydrogens (primary N) is 1. The van der Waals surface area contributed by atoms with Crippen LogP contribution in [0, 0.1) is 0 Å². The highest BCUT2D eigenvalue weighted by Crippen LogP contribution is 2.44. The Hall–Kier alpha value is -3.68. The summed E-state index contributed by atoms with van der Waals surface area (Å²) >= 11 is 0. The summed E-state index contributed by atoms with van der Waals surface area (Å²) in [6.07, 6.45) is 5.49. The predicted molar refractivity (Wildman–Crippen MR) is 139 cm³/mol. The second-order valence-corrected chi connectivity index (χ2v) is 9.86. The molecule has 184 valence electrons. The van der Waals surface area contributed by atoms with Gasteiger partial charge in [0.15, 0.2) is 6.61 Å². The van der Waals surface area contributed by atoms with E-state index in [1.165, 1.54) is 6.42 Å². The summed E-state index contributed by atoms with van der Waals surface area (Å²) in [5.74, 6) is 0.571. The van der Waals surface area contributed by atoms with Crippen molar-refractivity contribution in [1.82, 2.24) is 15.2 Å². The molecule has 0 unspecified atom stereocenters. The van der Waals surface area contributed by atoms with Gasteiger partial charge in [0.2, 0.25) is 0 Å². The first-order valence-corrected chi connectivity index (χ1v) is 12.4. The summed E-state index contributed by atoms with van der Waals surface area (Å²) < 4.78 is 8.13. The number of carbonyl (C=O) groups excluding carboxylic acids is 2. The minimum absolute atomic E-state index is 0.00727. The second-order valence-electron chi connectivity index (χ2n) is 9.86. The van der Waals surface area contributed by atoms with Crippen molar-refractivity contribution in [2.75, 3.05) is 17.7 Å². The van der Waals surface area contributed by atoms with E-state index in [2.05, 4.69) is 20.5 Å². The average Bonchev–Trinajstić information content (AvgIpc) is 3.55. The zero-order chi connectivity index (χ0) is 24.5. The van der Waals surface area contributed by atoms with Crippen LogP contribution in [0.3, 0.4) is 0 Å². The quantitative estimate of drug-likeness (QED) is 0.375. The molecule has 2 fully saturated rings. The number of carbonyl (C=O) groups is 2. The molecule has 2 aliphatic rings. The van der Waals surface area contributed by atoms with Crippen molar-refractivity contribution in [2.45, 2.75) is 64.1 Å². The van der Waals surface area contributed by atoms with E-state index in [1.807, 2.05) is 56.3 Å². The fourth-order valence-corrected chi connectivity index (χ4v) is 4.51. The molecule has 0 saturated heterocycles. The van der Waals surface area contributed by atoms with Crippen LogP contribution in [0.15, 0.2) is 42.5 Å². The number of anilines is 2. The first-order chi connectivity index (χ1) is 16.9. The molecule has 5 N–H and O–H groups in total. The maximum atomic E-state index is 12.1. The molecular formula is C27H33N5O3. The van der Waals surface area contributed by atoms with E-state index in [0.717, 1.165) is 59.2 Å². The van der Waals surface area contributed by atoms with Gasteiger partial charge in [0.25, 0.3) is 5.91 Å². The highest BCUT2D eigenvalue weighted by Gasteiger charge is 2.27. The molecule has 2 saturated carbocycles. The van der Waals surface area contributed by atoms with E-state index in [4.69, 9.17) is 10.5 Å². The number of benzene rings is 2. The number of urea groups is 1. The van der Waals surface area contributed by atoms with Crippen LogP contribution in [-0.2, 0) is 4.79 Å². The van der Waals surface area contributed by atoms with Crippen molar-refractivity contribution in [2.24, 2.45) is 0 Å². The van der Waals surface area contributed by atoms with Gasteiger partial charge in [-0.05, 0) is 70.2 Å². The molecule has 2 aromatic carbocycles. The summed E-state index contributed by atoms with van der Waals surface area (Å²) in [5.41, 5.74) is 11.1. The Bertz CT molecular complexity index is 1240. The number of nitrogen functional groups attached to an aromatic ring is 1. The van der Waals surface area contributed by atoms with Gasteiger partial charge in [0.1, 0.15) is 5.75 Å². The monoisotopic (exact) mass is 475 g/mol. The summed E-state index contributed by atoms with van der Waals surface area (Å²) in [7, 11) is 0. The lowest BCUT2D eigenvalue weighted by Gasteiger charge is -2.30. The second kappa shape index (κ2) is 9.52. The lowest BCUT2D eigenvalue weighted by atomic mass is 9.92. The van der Waals surface area contributed by atoms with Gasteiger partial charge in [-0.25, -0.2) is 4.79 Å². The number of rotatable bonds is 8. The van der Waals surface area contributed by atoms with Crippen LogP contribution in [0.4, 0.5) is 16.2 Å². The minimum atomic E-state index is -0.228. The minimum Gasteiger partial charge on any atom is -0.484 e. The molecule has 1 aromatic heterocycles. The standard InChI is InChI=1S/C27H33N5O3/c1-16(2)29-27(34)31-19-8-6-17(7-9-19)26-25(28)22-13-12-21(35-15-24(33)30-18-10-11-18)14-23(22)32(26)20-4-3-5-20/h6-9,12-14,16,18,20H,3-5,10-11,15,28H2,1-2H3,(H,30,33)(H2,29,31,34). The normalized spacial score (nSPS) is 15.6. The SMILES string of the molecule is CC(C)NC(=O)Nc1ccc(-c2c(N)c3ccc(OCC(=O)NC4CC4)cc3n2C2CCC2)cc1. The smallest absolute Gasteiger partial charge is 0.319 e. The maximum Gasteiger partial charge on any atom is 0.319 e. The fourth-order valence-electron chi connectivity index (χ4n) is 4.51. The van der Waals surface area contributed by atoms with Crippen molar-refractivity contribution in [1.29, 1.82) is 0 Å². The van der Waals surface area contributed by atoms with E-state index < -0.39 is 0 Å². The zero-order valence-electron chi connectivity index (χ0n) is 20.3. The zero-order valence-corrected chi connectivity index (χ0v) is 20.3. The summed E-state index contributed by atoms with van der Waals surface area (Å²) in [5, 5.41) is 9.61. The number of hydrogen-bond acceptors (Lipinski definition) is 4. The van der Waals surface area contributed by atoms with Crippen molar-refractivity contribution in [3.63, 3.8) is 0 Å². The van der Waals surface area contributed by atoms with Crippen LogP contribution in [-0.4, -0.2) is 35.2 Å². The highest BCUT2D eigenvalue weighted by molar-refractivity contribution is 6.02. The Labute approximate surface area is 205 Å². The third kappa shape index (κ3) is 5.06. The third-order valence-electron chi connectivity index (χ3n) is 6.60. The van der Waals surface area contributed by atoms with Gasteiger partial charge in [-0.3, -0.25) is 4.79 Å². The highest BCUT2D eigenvalue weighted by atomic mass is 16.5. The van der Waals surface area contributed by atoms with E-state index in [0.29, 0.717) is 17.8 Å². The molecule has 1 heterocycles. The molecule has 3 aromatic rings. The van der Waals surface area contributed by atoms with E-state index in [1.54, 1.807) is 0 Å². The van der Waals surface area contributed by atoms with E-state index in [9.17, 15) is 9.59 Å². The lowest BCUT2D eigenvalue weighted by molar-refractivity contribution is -0.123. The fraction of sp³-hybridized carbons (Fsp3) is 0.407. The van der Waals surface area contributed by atoms with Gasteiger partial charge in [-0.2, -0.15) is 0 Å². The van der Waals surface area contributed by atoms with Gasteiger partial charge < -0.3 is 31.0 Å². The Balaban J connectivity index is 1.42. The molecule has 0 radical (unpaired) electrons. The lowest BCUT2D eigenvalue weighted by Crippen LogP contribution is -2.34. The molecule has 0 bridgehead atoms. The third-order valence-corrected chi connectivity index (χ3v) is 6.60. The largest absolute Gasteiger partial charge is 0.484 e. The van der Waals surface area contributed by atoms with Crippen LogP contribution in [0.1, 0.15) is 52.0 Å². The molecule has 0 atom stereocenters. The summed E-state index contributed by atoms with van der Waals surface area (Å²) in [6, 6.07) is 14.1. The van der Waals surface area contributed by atoms with Crippen molar-refractivity contribution >= 4 is 34.2 Å². The van der Waals surface area contributed by atoms with Crippen LogP contribution < -0.4 is 26.4 Å². The van der Waals surface area contributed by atoms with Gasteiger partial charge >= 0.3 is 6.03 Å². The summed E-state index contributed by atoms with van der Waals surface area (Å²) in [6.45, 7) is 3.85. The van der Waals surface area contributed by atoms with E-state index in [-0.39, 0.29) is 24.6 Å².